The van der Waals surface area contributed by atoms with E-state index in [2.05, 4.69) is 15.1 Å². The van der Waals surface area contributed by atoms with Gasteiger partial charge in [0, 0.05) is 25.5 Å². The molecule has 0 amide bonds. The van der Waals surface area contributed by atoms with Crippen LogP contribution in [0.1, 0.15) is 29.2 Å². The number of benzene rings is 1. The van der Waals surface area contributed by atoms with Crippen LogP contribution in [-0.2, 0) is 4.74 Å². The van der Waals surface area contributed by atoms with E-state index in [1.54, 1.807) is 36.7 Å². The van der Waals surface area contributed by atoms with E-state index in [4.69, 9.17) is 16.3 Å². The topological polar surface area (TPSA) is 82.2 Å². The van der Waals surface area contributed by atoms with Crippen molar-refractivity contribution in [3.05, 3.63) is 69.9 Å². The molecule has 29 heavy (non-hydrogen) atoms. The van der Waals surface area contributed by atoms with E-state index in [1.807, 2.05) is 16.9 Å². The number of halogens is 1. The molecule has 0 N–H and O–H groups in total. The van der Waals surface area contributed by atoms with E-state index in [0.717, 1.165) is 30.6 Å². The summed E-state index contributed by atoms with van der Waals surface area (Å²) in [7, 11) is 1.29. The smallest absolute Gasteiger partial charge is 0.340 e. The highest BCUT2D eigenvalue weighted by molar-refractivity contribution is 6.33. The van der Waals surface area contributed by atoms with Crippen molar-refractivity contribution in [2.45, 2.75) is 18.9 Å². The van der Waals surface area contributed by atoms with Crippen LogP contribution >= 0.6 is 11.6 Å². The molecule has 0 bridgehead atoms. The maximum atomic E-state index is 12.9. The number of nitrogens with zero attached hydrogens (tertiary/aromatic N) is 5. The summed E-state index contributed by atoms with van der Waals surface area (Å²) in [6.07, 6.45) is 7.11. The van der Waals surface area contributed by atoms with Crippen molar-refractivity contribution in [1.29, 1.82) is 0 Å². The second-order valence-corrected chi connectivity index (χ2v) is 7.15. The fourth-order valence-corrected chi connectivity index (χ4v) is 3.87. The van der Waals surface area contributed by atoms with Gasteiger partial charge < -0.3 is 9.64 Å². The minimum absolute atomic E-state index is 0.0807. The molecule has 0 aliphatic carbocycles. The summed E-state index contributed by atoms with van der Waals surface area (Å²) >= 11 is 6.43. The number of methoxy groups -OCH3 is 1. The van der Waals surface area contributed by atoms with Gasteiger partial charge in [-0.15, -0.1) is 0 Å². The highest BCUT2D eigenvalue weighted by atomic mass is 35.5. The lowest BCUT2D eigenvalue weighted by atomic mass is 10.0. The predicted molar refractivity (Wildman–Crippen MR) is 109 cm³/mol. The van der Waals surface area contributed by atoms with Crippen molar-refractivity contribution < 1.29 is 9.53 Å². The summed E-state index contributed by atoms with van der Waals surface area (Å²) in [5.74, 6) is -0.546. The number of anilines is 1. The summed E-state index contributed by atoms with van der Waals surface area (Å²) in [5.41, 5.74) is 0.695. The zero-order valence-electron chi connectivity index (χ0n) is 15.9. The minimum atomic E-state index is -0.546. The molecule has 9 heteroatoms. The van der Waals surface area contributed by atoms with Crippen LogP contribution in [0.15, 0.2) is 53.7 Å². The van der Waals surface area contributed by atoms with Gasteiger partial charge in [0.2, 0.25) is 0 Å². The Balaban J connectivity index is 1.61. The van der Waals surface area contributed by atoms with E-state index in [0.29, 0.717) is 17.4 Å². The molecule has 1 aliphatic rings. The van der Waals surface area contributed by atoms with Gasteiger partial charge in [0.1, 0.15) is 5.02 Å². The van der Waals surface area contributed by atoms with Gasteiger partial charge in [-0.2, -0.15) is 14.9 Å². The average molecular weight is 414 g/mol. The largest absolute Gasteiger partial charge is 0.465 e. The molecule has 3 heterocycles. The SMILES string of the molecule is COC(=O)c1ccccc1-n1ncc(N2CCC(n3cccn3)CC2)c(Cl)c1=O. The first-order chi connectivity index (χ1) is 14.1. The summed E-state index contributed by atoms with van der Waals surface area (Å²) in [5, 5.41) is 8.68. The van der Waals surface area contributed by atoms with Gasteiger partial charge in [0.05, 0.1) is 36.3 Å². The molecule has 1 fully saturated rings. The summed E-state index contributed by atoms with van der Waals surface area (Å²) < 4.78 is 7.90. The summed E-state index contributed by atoms with van der Waals surface area (Å²) in [4.78, 5) is 27.0. The van der Waals surface area contributed by atoms with Crippen molar-refractivity contribution >= 4 is 23.3 Å². The third-order valence-electron chi connectivity index (χ3n) is 5.14. The van der Waals surface area contributed by atoms with E-state index in [-0.39, 0.29) is 10.6 Å². The Labute approximate surface area is 172 Å². The number of hydrogen-bond donors (Lipinski definition) is 0. The van der Waals surface area contributed by atoms with E-state index >= 15 is 0 Å². The molecule has 0 unspecified atom stereocenters. The zero-order chi connectivity index (χ0) is 20.4. The Morgan fingerprint density at radius 2 is 1.90 bits per heavy atom. The number of hydrogen-bond acceptors (Lipinski definition) is 6. The quantitative estimate of drug-likeness (QED) is 0.611. The van der Waals surface area contributed by atoms with Gasteiger partial charge in [0.25, 0.3) is 5.56 Å². The first kappa shape index (κ1) is 19.2. The van der Waals surface area contributed by atoms with Crippen LogP contribution < -0.4 is 10.5 Å². The van der Waals surface area contributed by atoms with Crippen LogP contribution in [0.5, 0.6) is 0 Å². The maximum Gasteiger partial charge on any atom is 0.340 e. The number of carbonyl (C=O) groups excluding carboxylic acids is 1. The van der Waals surface area contributed by atoms with E-state index in [9.17, 15) is 9.59 Å². The molecular weight excluding hydrogens is 394 g/mol. The second-order valence-electron chi connectivity index (χ2n) is 6.77. The number of piperidine rings is 1. The first-order valence-corrected chi connectivity index (χ1v) is 9.67. The Morgan fingerprint density at radius 3 is 2.59 bits per heavy atom. The highest BCUT2D eigenvalue weighted by Gasteiger charge is 2.24. The molecule has 3 aromatic rings. The van der Waals surface area contributed by atoms with Crippen LogP contribution in [0.25, 0.3) is 5.69 Å². The van der Waals surface area contributed by atoms with Gasteiger partial charge in [-0.05, 0) is 31.0 Å². The normalized spacial score (nSPS) is 14.8. The molecule has 150 valence electrons. The zero-order valence-corrected chi connectivity index (χ0v) is 16.6. The Kier molecular flexibility index (Phi) is 5.35. The van der Waals surface area contributed by atoms with Crippen LogP contribution in [0.4, 0.5) is 5.69 Å². The van der Waals surface area contributed by atoms with Crippen molar-refractivity contribution in [2.24, 2.45) is 0 Å². The van der Waals surface area contributed by atoms with Crippen molar-refractivity contribution in [3.63, 3.8) is 0 Å². The number of ether oxygens (including phenoxy) is 1. The van der Waals surface area contributed by atoms with E-state index < -0.39 is 11.5 Å². The second kappa shape index (κ2) is 8.08. The third kappa shape index (κ3) is 3.63. The number of carbonyl (C=O) groups is 1. The van der Waals surface area contributed by atoms with Crippen LogP contribution in [-0.4, -0.2) is 45.7 Å². The first-order valence-electron chi connectivity index (χ1n) is 9.29. The molecule has 1 aliphatic heterocycles. The number of rotatable bonds is 4. The molecule has 1 aromatic carbocycles. The molecule has 1 saturated heterocycles. The average Bonchev–Trinajstić information content (AvgIpc) is 3.30. The minimum Gasteiger partial charge on any atom is -0.465 e. The molecule has 2 aromatic heterocycles. The fraction of sp³-hybridized carbons (Fsp3) is 0.300. The van der Waals surface area contributed by atoms with Crippen LogP contribution in [0.2, 0.25) is 5.02 Å². The van der Waals surface area contributed by atoms with Gasteiger partial charge in [0.15, 0.2) is 0 Å². The maximum absolute atomic E-state index is 12.9. The Bertz CT molecular complexity index is 1070. The third-order valence-corrected chi connectivity index (χ3v) is 5.50. The lowest BCUT2D eigenvalue weighted by molar-refractivity contribution is 0.0600. The molecule has 0 saturated carbocycles. The lowest BCUT2D eigenvalue weighted by Crippen LogP contribution is -2.36. The predicted octanol–water partition coefficient (Wildman–Crippen LogP) is 2.71. The fourth-order valence-electron chi connectivity index (χ4n) is 3.62. The molecule has 0 spiro atoms. The summed E-state index contributed by atoms with van der Waals surface area (Å²) in [6, 6.07) is 8.88. The lowest BCUT2D eigenvalue weighted by Gasteiger charge is -2.33. The van der Waals surface area contributed by atoms with Gasteiger partial charge in [-0.3, -0.25) is 9.48 Å². The summed E-state index contributed by atoms with van der Waals surface area (Å²) in [6.45, 7) is 1.49. The Hall–Kier alpha value is -3.13. The van der Waals surface area contributed by atoms with Gasteiger partial charge >= 0.3 is 5.97 Å². The monoisotopic (exact) mass is 413 g/mol. The number of esters is 1. The van der Waals surface area contributed by atoms with Crippen molar-refractivity contribution in [2.75, 3.05) is 25.1 Å². The van der Waals surface area contributed by atoms with Crippen molar-refractivity contribution in [3.8, 4) is 5.69 Å². The molecular formula is C20H20ClN5O3. The highest BCUT2D eigenvalue weighted by Crippen LogP contribution is 2.29. The van der Waals surface area contributed by atoms with Gasteiger partial charge in [-0.25, -0.2) is 4.79 Å². The van der Waals surface area contributed by atoms with E-state index in [1.165, 1.54) is 7.11 Å². The molecule has 4 rings (SSSR count). The molecule has 0 radical (unpaired) electrons. The number of aromatic nitrogens is 4. The van der Waals surface area contributed by atoms with Crippen LogP contribution in [0, 0.1) is 0 Å². The van der Waals surface area contributed by atoms with Crippen LogP contribution in [0.3, 0.4) is 0 Å². The Morgan fingerprint density at radius 1 is 1.14 bits per heavy atom. The van der Waals surface area contributed by atoms with Crippen molar-refractivity contribution in [1.82, 2.24) is 19.6 Å². The molecule has 0 atom stereocenters. The molecule has 8 nitrogen and oxygen atoms in total. The standard InChI is InChI=1S/C20H20ClN5O3/c1-29-20(28)15-5-2-3-6-16(15)26-19(27)18(21)17(13-23-26)24-11-7-14(8-12-24)25-10-4-9-22-25/h2-6,9-10,13-14H,7-8,11-12H2,1H3. The van der Waals surface area contributed by atoms with Gasteiger partial charge in [-0.1, -0.05) is 23.7 Å². The number of para-hydroxylation sites is 1.